The lowest BCUT2D eigenvalue weighted by Gasteiger charge is -2.29. The van der Waals surface area contributed by atoms with Gasteiger partial charge in [0.2, 0.25) is 5.89 Å². The van der Waals surface area contributed by atoms with E-state index >= 15 is 0 Å². The lowest BCUT2D eigenvalue weighted by atomic mass is 10.0. The summed E-state index contributed by atoms with van der Waals surface area (Å²) in [6, 6.07) is 13.4. The Bertz CT molecular complexity index is 1290. The molecule has 1 saturated heterocycles. The summed E-state index contributed by atoms with van der Waals surface area (Å²) in [5, 5.41) is 6.83. The first-order valence-corrected chi connectivity index (χ1v) is 12.3. The van der Waals surface area contributed by atoms with Gasteiger partial charge in [-0.05, 0) is 50.1 Å². The second kappa shape index (κ2) is 9.63. The van der Waals surface area contributed by atoms with E-state index in [2.05, 4.69) is 22.0 Å². The summed E-state index contributed by atoms with van der Waals surface area (Å²) in [6.45, 7) is 3.96. The number of methoxy groups -OCH3 is 2. The molecule has 0 spiro atoms. The number of nitrogens with one attached hydrogen (secondary N) is 2. The molecule has 0 saturated carbocycles. The van der Waals surface area contributed by atoms with Gasteiger partial charge in [0.25, 0.3) is 5.91 Å². The van der Waals surface area contributed by atoms with Crippen LogP contribution < -0.4 is 20.3 Å². The summed E-state index contributed by atoms with van der Waals surface area (Å²) >= 11 is 1.50. The molecule has 2 unspecified atom stereocenters. The van der Waals surface area contributed by atoms with E-state index in [4.69, 9.17) is 18.9 Å². The predicted molar refractivity (Wildman–Crippen MR) is 134 cm³/mol. The average molecular weight is 494 g/mol. The first-order valence-electron chi connectivity index (χ1n) is 11.3. The van der Waals surface area contributed by atoms with E-state index in [1.54, 1.807) is 14.2 Å². The van der Waals surface area contributed by atoms with Crippen molar-refractivity contribution in [1.82, 2.24) is 20.8 Å². The van der Waals surface area contributed by atoms with Gasteiger partial charge in [-0.25, -0.2) is 15.8 Å². The van der Waals surface area contributed by atoms with Gasteiger partial charge in [0.05, 0.1) is 26.0 Å². The van der Waals surface area contributed by atoms with E-state index in [0.717, 1.165) is 28.1 Å². The molecule has 9 nitrogen and oxygen atoms in total. The summed E-state index contributed by atoms with van der Waals surface area (Å²) in [5.74, 6) is 3.10. The normalized spacial score (nSPS) is 19.3. The van der Waals surface area contributed by atoms with Crippen LogP contribution in [0.15, 0.2) is 52.0 Å². The van der Waals surface area contributed by atoms with Crippen LogP contribution in [0, 0.1) is 13.8 Å². The Morgan fingerprint density at radius 1 is 1.14 bits per heavy atom. The minimum Gasteiger partial charge on any atom is -0.493 e. The van der Waals surface area contributed by atoms with Gasteiger partial charge in [-0.2, -0.15) is 0 Å². The van der Waals surface area contributed by atoms with E-state index in [-0.39, 0.29) is 18.0 Å². The van der Waals surface area contributed by atoms with Gasteiger partial charge in [0.1, 0.15) is 11.8 Å². The number of oxazole rings is 1. The highest BCUT2D eigenvalue weighted by molar-refractivity contribution is 8.13. The highest BCUT2D eigenvalue weighted by Gasteiger charge is 2.42. The van der Waals surface area contributed by atoms with Crippen LogP contribution in [-0.2, 0) is 10.5 Å². The molecular weight excluding hydrogens is 466 g/mol. The number of carbonyl (C=O) groups is 1. The average Bonchev–Trinajstić information content (AvgIpc) is 3.48. The predicted octanol–water partition coefficient (Wildman–Crippen LogP) is 3.93. The highest BCUT2D eigenvalue weighted by Crippen LogP contribution is 2.36. The van der Waals surface area contributed by atoms with Crippen LogP contribution in [-0.4, -0.2) is 41.3 Å². The van der Waals surface area contributed by atoms with Crippen molar-refractivity contribution >= 4 is 22.8 Å². The van der Waals surface area contributed by atoms with E-state index in [1.807, 2.05) is 55.3 Å². The summed E-state index contributed by atoms with van der Waals surface area (Å²) < 4.78 is 16.7. The third-order valence-electron chi connectivity index (χ3n) is 6.14. The maximum Gasteiger partial charge on any atom is 0.264 e. The summed E-state index contributed by atoms with van der Waals surface area (Å²) in [6.07, 6.45) is 0.599. The number of aryl methyl sites for hydroxylation is 2. The summed E-state index contributed by atoms with van der Waals surface area (Å²) in [5.41, 5.74) is 10.1. The molecule has 0 radical (unpaired) electrons. The van der Waals surface area contributed by atoms with Gasteiger partial charge in [0.15, 0.2) is 16.7 Å². The van der Waals surface area contributed by atoms with Crippen LogP contribution in [0.25, 0.3) is 11.5 Å². The Kier molecular flexibility index (Phi) is 6.40. The van der Waals surface area contributed by atoms with Crippen molar-refractivity contribution in [3.8, 4) is 23.0 Å². The molecule has 2 atom stereocenters. The van der Waals surface area contributed by atoms with Gasteiger partial charge in [-0.1, -0.05) is 35.5 Å². The Labute approximate surface area is 207 Å². The number of amidine groups is 1. The second-order valence-corrected chi connectivity index (χ2v) is 9.41. The van der Waals surface area contributed by atoms with Gasteiger partial charge < -0.3 is 13.9 Å². The molecule has 2 aliphatic heterocycles. The molecule has 2 N–H and O–H groups in total. The van der Waals surface area contributed by atoms with E-state index in [1.165, 1.54) is 11.8 Å². The lowest BCUT2D eigenvalue weighted by Crippen LogP contribution is -2.52. The monoisotopic (exact) mass is 493 g/mol. The number of nitrogens with zero attached hydrogens (tertiary/aromatic N) is 3. The van der Waals surface area contributed by atoms with Crippen molar-refractivity contribution in [1.29, 1.82) is 0 Å². The fraction of sp³-hybridized carbons (Fsp3) is 0.320. The number of fused-ring (bicyclic) bond motifs is 1. The van der Waals surface area contributed by atoms with E-state index < -0.39 is 0 Å². The summed E-state index contributed by atoms with van der Waals surface area (Å²) in [7, 11) is 3.22. The van der Waals surface area contributed by atoms with Crippen LogP contribution in [0.3, 0.4) is 0 Å². The first-order chi connectivity index (χ1) is 17.0. The molecule has 1 fully saturated rings. The van der Waals surface area contributed by atoms with Gasteiger partial charge in [-0.3, -0.25) is 9.80 Å². The molecule has 2 aromatic carbocycles. The number of ether oxygens (including phenoxy) is 2. The highest BCUT2D eigenvalue weighted by atomic mass is 32.2. The first kappa shape index (κ1) is 23.3. The molecule has 5 rings (SSSR count). The summed E-state index contributed by atoms with van der Waals surface area (Å²) in [4.78, 5) is 17.3. The van der Waals surface area contributed by atoms with Crippen molar-refractivity contribution in [3.63, 3.8) is 0 Å². The van der Waals surface area contributed by atoms with Gasteiger partial charge >= 0.3 is 0 Å². The third kappa shape index (κ3) is 4.59. The zero-order valence-electron chi connectivity index (χ0n) is 20.0. The zero-order valence-corrected chi connectivity index (χ0v) is 20.8. The van der Waals surface area contributed by atoms with Gasteiger partial charge in [-0.15, -0.1) is 5.10 Å². The Morgan fingerprint density at radius 3 is 2.74 bits per heavy atom. The number of hydrazone groups is 1. The maximum absolute atomic E-state index is 12.6. The fourth-order valence-corrected chi connectivity index (χ4v) is 5.22. The standard InChI is InChI=1S/C25H27N5O4S/c1-14-6-5-7-17(10-14)24-26-19(15(2)34-24)13-35-25-28-27-23(31)20-12-18(29-30(20)25)16-8-9-21(32-3)22(11-16)33-4/h5-11,18,20,29H,12-13H2,1-4H3,(H,27,31). The molecule has 3 heterocycles. The second-order valence-electron chi connectivity index (χ2n) is 8.47. The molecule has 1 aromatic heterocycles. The molecular formula is C25H27N5O4S. The smallest absolute Gasteiger partial charge is 0.264 e. The van der Waals surface area contributed by atoms with E-state index in [9.17, 15) is 4.79 Å². The minimum absolute atomic E-state index is 0.0730. The van der Waals surface area contributed by atoms with Crippen molar-refractivity contribution in [2.75, 3.05) is 14.2 Å². The Balaban J connectivity index is 1.31. The quantitative estimate of drug-likeness (QED) is 0.533. The van der Waals surface area contributed by atoms with Crippen LogP contribution in [0.1, 0.15) is 35.0 Å². The van der Waals surface area contributed by atoms with Crippen LogP contribution in [0.2, 0.25) is 0 Å². The fourth-order valence-electron chi connectivity index (χ4n) is 4.26. The molecule has 10 heteroatoms. The minimum atomic E-state index is -0.366. The molecule has 1 amide bonds. The van der Waals surface area contributed by atoms with Crippen molar-refractivity contribution in [3.05, 3.63) is 65.0 Å². The molecule has 0 aliphatic carbocycles. The Morgan fingerprint density at radius 2 is 1.97 bits per heavy atom. The van der Waals surface area contributed by atoms with Crippen molar-refractivity contribution in [2.24, 2.45) is 5.10 Å². The number of carbonyl (C=O) groups excluding carboxylic acids is 1. The van der Waals surface area contributed by atoms with E-state index in [0.29, 0.717) is 34.7 Å². The number of aromatic nitrogens is 1. The van der Waals surface area contributed by atoms with Crippen LogP contribution in [0.5, 0.6) is 11.5 Å². The molecule has 3 aromatic rings. The maximum atomic E-state index is 12.6. The topological polar surface area (TPSA) is 101 Å². The van der Waals surface area contributed by atoms with Gasteiger partial charge in [0, 0.05) is 11.3 Å². The number of thioether (sulfide) groups is 1. The van der Waals surface area contributed by atoms with Crippen molar-refractivity contribution in [2.45, 2.75) is 38.1 Å². The lowest BCUT2D eigenvalue weighted by molar-refractivity contribution is -0.125. The molecule has 2 aliphatic rings. The van der Waals surface area contributed by atoms with Crippen LogP contribution >= 0.6 is 11.8 Å². The van der Waals surface area contributed by atoms with Crippen LogP contribution in [0.4, 0.5) is 0 Å². The largest absolute Gasteiger partial charge is 0.493 e. The Hall–Kier alpha value is -3.50. The number of rotatable bonds is 6. The number of hydrazine groups is 1. The van der Waals surface area contributed by atoms with Crippen molar-refractivity contribution < 1.29 is 18.7 Å². The molecule has 0 bridgehead atoms. The SMILES string of the molecule is COc1ccc(C2CC3C(=O)NN=C(SCc4nc(-c5cccc(C)c5)oc4C)N3N2)cc1OC. The molecule has 35 heavy (non-hydrogen) atoms. The number of amides is 1. The third-order valence-corrected chi connectivity index (χ3v) is 7.11. The number of hydrogen-bond acceptors (Lipinski definition) is 9. The number of benzene rings is 2. The zero-order chi connectivity index (χ0) is 24.5. The number of hydrogen-bond donors (Lipinski definition) is 2. The molecule has 182 valence electrons.